The third kappa shape index (κ3) is 4.25. The van der Waals surface area contributed by atoms with Crippen molar-refractivity contribution in [2.75, 3.05) is 25.0 Å². The summed E-state index contributed by atoms with van der Waals surface area (Å²) in [5, 5.41) is 8.52. The Labute approximate surface area is 152 Å². The molecule has 3 N–H and O–H groups in total. The van der Waals surface area contributed by atoms with Gasteiger partial charge in [-0.3, -0.25) is 24.6 Å². The maximum Gasteiger partial charge on any atom is 0.239 e. The van der Waals surface area contributed by atoms with Crippen LogP contribution in [0.1, 0.15) is 38.2 Å². The molecule has 3 rings (SSSR count). The summed E-state index contributed by atoms with van der Waals surface area (Å²) < 4.78 is 0. The number of piperazine rings is 1. The second-order valence-electron chi connectivity index (χ2n) is 7.05. The van der Waals surface area contributed by atoms with Crippen LogP contribution in [-0.4, -0.2) is 59.3 Å². The number of hydrogen-bond acceptors (Lipinski definition) is 6. The average Bonchev–Trinajstić information content (AvgIpc) is 2.58. The molecule has 2 aliphatic rings. The van der Waals surface area contributed by atoms with Crippen molar-refractivity contribution in [3.05, 3.63) is 23.9 Å². The van der Waals surface area contributed by atoms with E-state index in [4.69, 9.17) is 0 Å². The number of pyridine rings is 1. The van der Waals surface area contributed by atoms with Crippen molar-refractivity contribution >= 4 is 23.5 Å². The molecule has 2 fully saturated rings. The molecule has 0 spiro atoms. The van der Waals surface area contributed by atoms with Crippen LogP contribution >= 0.6 is 0 Å². The lowest BCUT2D eigenvalue weighted by atomic mass is 9.91. The first-order valence-electron chi connectivity index (χ1n) is 9.00. The molecule has 140 valence electrons. The van der Waals surface area contributed by atoms with Crippen LogP contribution in [0.15, 0.2) is 18.3 Å². The van der Waals surface area contributed by atoms with E-state index in [2.05, 4.69) is 39.7 Å². The standard InChI is InChI=1S/C18H25N5O3/c1-11-8-19-9-12(2)23(11)10-17(25)21-15-7-13(5-6-20-15)14-3-4-16(24)22-18(14)26/h5-7,11-12,14,19H,3-4,8-10H2,1-2H3,(H,20,21,25)(H,22,24,26)/t11-,12+,14?. The average molecular weight is 359 g/mol. The number of piperidine rings is 1. The summed E-state index contributed by atoms with van der Waals surface area (Å²) in [5.74, 6) is -0.632. The van der Waals surface area contributed by atoms with E-state index in [1.807, 2.05) is 0 Å². The Morgan fingerprint density at radius 2 is 2.04 bits per heavy atom. The Hall–Kier alpha value is -2.32. The summed E-state index contributed by atoms with van der Waals surface area (Å²) in [6.45, 7) is 6.21. The lowest BCUT2D eigenvalue weighted by Crippen LogP contribution is -2.56. The van der Waals surface area contributed by atoms with E-state index in [0.29, 0.717) is 25.2 Å². The highest BCUT2D eigenvalue weighted by atomic mass is 16.2. The van der Waals surface area contributed by atoms with Crippen molar-refractivity contribution in [2.24, 2.45) is 0 Å². The molecule has 1 aromatic rings. The van der Waals surface area contributed by atoms with Gasteiger partial charge >= 0.3 is 0 Å². The first kappa shape index (κ1) is 18.5. The third-order valence-electron chi connectivity index (χ3n) is 5.03. The van der Waals surface area contributed by atoms with E-state index >= 15 is 0 Å². The number of carbonyl (C=O) groups excluding carboxylic acids is 3. The Balaban J connectivity index is 1.64. The van der Waals surface area contributed by atoms with Crippen LogP contribution in [0.4, 0.5) is 5.82 Å². The minimum Gasteiger partial charge on any atom is -0.314 e. The molecular formula is C18H25N5O3. The van der Waals surface area contributed by atoms with Crippen molar-refractivity contribution in [3.8, 4) is 0 Å². The van der Waals surface area contributed by atoms with Gasteiger partial charge in [0.25, 0.3) is 0 Å². The summed E-state index contributed by atoms with van der Waals surface area (Å²) in [7, 11) is 0. The number of hydrogen-bond donors (Lipinski definition) is 3. The fraction of sp³-hybridized carbons (Fsp3) is 0.556. The molecular weight excluding hydrogens is 334 g/mol. The summed E-state index contributed by atoms with van der Waals surface area (Å²) in [6.07, 6.45) is 2.36. The summed E-state index contributed by atoms with van der Waals surface area (Å²) >= 11 is 0. The minimum absolute atomic E-state index is 0.126. The van der Waals surface area contributed by atoms with Crippen LogP contribution in [-0.2, 0) is 14.4 Å². The molecule has 26 heavy (non-hydrogen) atoms. The van der Waals surface area contributed by atoms with Gasteiger partial charge in [-0.25, -0.2) is 4.98 Å². The van der Waals surface area contributed by atoms with Gasteiger partial charge in [0.2, 0.25) is 17.7 Å². The highest BCUT2D eigenvalue weighted by Gasteiger charge is 2.29. The maximum atomic E-state index is 12.4. The Bertz CT molecular complexity index is 698. The van der Waals surface area contributed by atoms with Gasteiger partial charge in [-0.2, -0.15) is 0 Å². The van der Waals surface area contributed by atoms with Crippen molar-refractivity contribution in [3.63, 3.8) is 0 Å². The molecule has 3 atom stereocenters. The Kier molecular flexibility index (Phi) is 5.63. The number of rotatable bonds is 4. The number of amides is 3. The number of anilines is 1. The predicted octanol–water partition coefficient (Wildman–Crippen LogP) is 0.223. The van der Waals surface area contributed by atoms with Crippen molar-refractivity contribution in [1.82, 2.24) is 20.5 Å². The van der Waals surface area contributed by atoms with Gasteiger partial charge in [-0.05, 0) is 38.0 Å². The lowest BCUT2D eigenvalue weighted by Gasteiger charge is -2.38. The molecule has 0 aliphatic carbocycles. The summed E-state index contributed by atoms with van der Waals surface area (Å²) in [6, 6.07) is 4.03. The highest BCUT2D eigenvalue weighted by molar-refractivity contribution is 6.01. The molecule has 8 heteroatoms. The first-order valence-corrected chi connectivity index (χ1v) is 9.00. The van der Waals surface area contributed by atoms with E-state index in [1.165, 1.54) is 0 Å². The van der Waals surface area contributed by atoms with Gasteiger partial charge in [0.15, 0.2) is 0 Å². The highest BCUT2D eigenvalue weighted by Crippen LogP contribution is 2.25. The number of aromatic nitrogens is 1. The fourth-order valence-electron chi connectivity index (χ4n) is 3.57. The largest absolute Gasteiger partial charge is 0.314 e. The number of nitrogens with zero attached hydrogens (tertiary/aromatic N) is 2. The molecule has 1 aromatic heterocycles. The quantitative estimate of drug-likeness (QED) is 0.665. The summed E-state index contributed by atoms with van der Waals surface area (Å²) in [5.41, 5.74) is 0.754. The first-order chi connectivity index (χ1) is 12.4. The fourth-order valence-corrected chi connectivity index (χ4v) is 3.57. The normalized spacial score (nSPS) is 27.1. The second kappa shape index (κ2) is 7.92. The number of carbonyl (C=O) groups is 3. The van der Waals surface area contributed by atoms with Crippen molar-refractivity contribution in [2.45, 2.75) is 44.7 Å². The monoisotopic (exact) mass is 359 g/mol. The van der Waals surface area contributed by atoms with E-state index in [9.17, 15) is 14.4 Å². The number of imide groups is 1. The van der Waals surface area contributed by atoms with E-state index in [1.54, 1.807) is 18.3 Å². The van der Waals surface area contributed by atoms with Crippen LogP contribution in [0.3, 0.4) is 0 Å². The Morgan fingerprint density at radius 3 is 2.73 bits per heavy atom. The lowest BCUT2D eigenvalue weighted by molar-refractivity contribution is -0.134. The van der Waals surface area contributed by atoms with E-state index < -0.39 is 0 Å². The van der Waals surface area contributed by atoms with Crippen LogP contribution in [0, 0.1) is 0 Å². The molecule has 0 bridgehead atoms. The van der Waals surface area contributed by atoms with Crippen molar-refractivity contribution in [1.29, 1.82) is 0 Å². The molecule has 8 nitrogen and oxygen atoms in total. The van der Waals surface area contributed by atoms with Crippen molar-refractivity contribution < 1.29 is 14.4 Å². The molecule has 0 saturated carbocycles. The zero-order chi connectivity index (χ0) is 18.7. The molecule has 1 unspecified atom stereocenters. The van der Waals surface area contributed by atoms with Gasteiger partial charge in [0.1, 0.15) is 5.82 Å². The molecule has 3 amide bonds. The topological polar surface area (TPSA) is 103 Å². The smallest absolute Gasteiger partial charge is 0.239 e. The third-order valence-corrected chi connectivity index (χ3v) is 5.03. The summed E-state index contributed by atoms with van der Waals surface area (Å²) in [4.78, 5) is 42.1. The van der Waals surface area contributed by atoms with Crippen LogP contribution in [0.25, 0.3) is 0 Å². The molecule has 2 aliphatic heterocycles. The SMILES string of the molecule is C[C@@H]1CNC[C@H](C)N1CC(=O)Nc1cc(C2CCC(=O)NC2=O)ccn1. The molecule has 2 saturated heterocycles. The van der Waals surface area contributed by atoms with Crippen LogP contribution in [0.2, 0.25) is 0 Å². The second-order valence-corrected chi connectivity index (χ2v) is 7.05. The van der Waals surface area contributed by atoms with Crippen LogP contribution < -0.4 is 16.0 Å². The molecule has 0 aromatic carbocycles. The van der Waals surface area contributed by atoms with Gasteiger partial charge in [-0.15, -0.1) is 0 Å². The van der Waals surface area contributed by atoms with Gasteiger partial charge in [0.05, 0.1) is 12.5 Å². The van der Waals surface area contributed by atoms with E-state index in [-0.39, 0.29) is 35.7 Å². The van der Waals surface area contributed by atoms with Crippen LogP contribution in [0.5, 0.6) is 0 Å². The van der Waals surface area contributed by atoms with Gasteiger partial charge in [-0.1, -0.05) is 0 Å². The zero-order valence-corrected chi connectivity index (χ0v) is 15.1. The molecule has 0 radical (unpaired) electrons. The number of nitrogens with one attached hydrogen (secondary N) is 3. The molecule has 3 heterocycles. The van der Waals surface area contributed by atoms with Gasteiger partial charge in [0, 0.05) is 37.8 Å². The minimum atomic E-state index is -0.389. The Morgan fingerprint density at radius 1 is 1.31 bits per heavy atom. The van der Waals surface area contributed by atoms with E-state index in [0.717, 1.165) is 18.7 Å². The zero-order valence-electron chi connectivity index (χ0n) is 15.1. The predicted molar refractivity (Wildman–Crippen MR) is 96.5 cm³/mol. The van der Waals surface area contributed by atoms with Gasteiger partial charge < -0.3 is 10.6 Å². The maximum absolute atomic E-state index is 12.4.